The number of nitrogens with zero attached hydrogens (tertiary/aromatic N) is 3. The molecule has 0 fully saturated rings. The summed E-state index contributed by atoms with van der Waals surface area (Å²) in [5.41, 5.74) is 0.310. The second-order valence-electron chi connectivity index (χ2n) is 3.01. The van der Waals surface area contributed by atoms with Crippen LogP contribution in [0.25, 0.3) is 5.65 Å². The molecule has 1 amide bonds. The Morgan fingerprint density at radius 3 is 2.76 bits per heavy atom. The highest BCUT2D eigenvalue weighted by Crippen LogP contribution is 2.19. The Morgan fingerprint density at radius 1 is 1.47 bits per heavy atom. The molecule has 0 unspecified atom stereocenters. The molecule has 0 radical (unpaired) electrons. The van der Waals surface area contributed by atoms with E-state index in [2.05, 4.69) is 26.0 Å². The van der Waals surface area contributed by atoms with Gasteiger partial charge in [-0.25, -0.2) is 4.52 Å². The highest BCUT2D eigenvalue weighted by molar-refractivity contribution is 9.10. The molecule has 2 rings (SSSR count). The van der Waals surface area contributed by atoms with Gasteiger partial charge >= 0.3 is 12.1 Å². The predicted molar refractivity (Wildman–Crippen MR) is 55.4 cm³/mol. The summed E-state index contributed by atoms with van der Waals surface area (Å²) in [6.07, 6.45) is -3.47. The lowest BCUT2D eigenvalue weighted by molar-refractivity contribution is -0.167. The van der Waals surface area contributed by atoms with Gasteiger partial charge in [-0.3, -0.25) is 10.1 Å². The number of hydrogen-bond donors (Lipinski definition) is 1. The molecule has 2 aromatic rings. The summed E-state index contributed by atoms with van der Waals surface area (Å²) >= 11 is 3.16. The number of alkyl halides is 3. The van der Waals surface area contributed by atoms with Crippen molar-refractivity contribution in [2.75, 3.05) is 5.32 Å². The Labute approximate surface area is 101 Å². The molecule has 2 heterocycles. The number of halogens is 4. The van der Waals surface area contributed by atoms with Crippen molar-refractivity contribution >= 4 is 33.4 Å². The van der Waals surface area contributed by atoms with Gasteiger partial charge < -0.3 is 0 Å². The van der Waals surface area contributed by atoms with Crippen molar-refractivity contribution in [2.45, 2.75) is 6.18 Å². The van der Waals surface area contributed by atoms with Gasteiger partial charge in [-0.1, -0.05) is 0 Å². The van der Waals surface area contributed by atoms with Crippen LogP contribution in [0.3, 0.4) is 0 Å². The van der Waals surface area contributed by atoms with E-state index in [1.165, 1.54) is 10.7 Å². The predicted octanol–water partition coefficient (Wildman–Crippen LogP) is 1.99. The maximum absolute atomic E-state index is 12.0. The number of amides is 1. The number of pyridine rings is 1. The molecule has 0 aromatic carbocycles. The summed E-state index contributed by atoms with van der Waals surface area (Å²) in [4.78, 5) is 14.4. The lowest BCUT2D eigenvalue weighted by Gasteiger charge is -2.03. The van der Waals surface area contributed by atoms with Crippen molar-refractivity contribution in [2.24, 2.45) is 0 Å². The highest BCUT2D eigenvalue weighted by atomic mass is 79.9. The van der Waals surface area contributed by atoms with Crippen LogP contribution >= 0.6 is 15.9 Å². The Morgan fingerprint density at radius 2 is 2.18 bits per heavy atom. The molecular formula is C8H4BrF3N4O. The second kappa shape index (κ2) is 3.99. The van der Waals surface area contributed by atoms with E-state index >= 15 is 0 Å². The number of nitrogens with one attached hydrogen (secondary N) is 1. The monoisotopic (exact) mass is 308 g/mol. The Bertz CT molecular complexity index is 580. The van der Waals surface area contributed by atoms with Crippen LogP contribution in [0.2, 0.25) is 0 Å². The summed E-state index contributed by atoms with van der Waals surface area (Å²) in [7, 11) is 0. The third-order valence-corrected chi connectivity index (χ3v) is 2.42. The van der Waals surface area contributed by atoms with Gasteiger partial charge in [0.05, 0.1) is 4.47 Å². The van der Waals surface area contributed by atoms with Gasteiger partial charge in [0.1, 0.15) is 0 Å². The quantitative estimate of drug-likeness (QED) is 0.876. The average Bonchev–Trinajstić information content (AvgIpc) is 2.60. The molecule has 9 heteroatoms. The minimum atomic E-state index is -4.96. The van der Waals surface area contributed by atoms with Crippen LogP contribution < -0.4 is 5.32 Å². The first kappa shape index (κ1) is 11.8. The summed E-state index contributed by atoms with van der Waals surface area (Å²) in [5, 5.41) is 5.24. The third-order valence-electron chi connectivity index (χ3n) is 1.80. The fraction of sp³-hybridized carbons (Fsp3) is 0.125. The summed E-state index contributed by atoms with van der Waals surface area (Å²) in [6.45, 7) is 0. The molecule has 0 aliphatic heterocycles. The molecule has 0 aliphatic rings. The Hall–Kier alpha value is -1.64. The van der Waals surface area contributed by atoms with Crippen molar-refractivity contribution < 1.29 is 18.0 Å². The van der Waals surface area contributed by atoms with Crippen LogP contribution in [0, 0.1) is 0 Å². The second-order valence-corrected chi connectivity index (χ2v) is 3.87. The van der Waals surface area contributed by atoms with Gasteiger partial charge in [-0.2, -0.15) is 18.2 Å². The van der Waals surface area contributed by atoms with Gasteiger partial charge in [0.2, 0.25) is 5.95 Å². The van der Waals surface area contributed by atoms with Crippen molar-refractivity contribution in [3.05, 3.63) is 22.8 Å². The number of carbonyl (C=O) groups is 1. The molecule has 90 valence electrons. The molecule has 2 aromatic heterocycles. The van der Waals surface area contributed by atoms with E-state index in [4.69, 9.17) is 0 Å². The smallest absolute Gasteiger partial charge is 0.285 e. The molecule has 1 N–H and O–H groups in total. The van der Waals surface area contributed by atoms with Crippen LogP contribution in [0.1, 0.15) is 0 Å². The van der Waals surface area contributed by atoms with Crippen LogP contribution in [0.4, 0.5) is 19.1 Å². The van der Waals surface area contributed by atoms with E-state index in [1.807, 2.05) is 0 Å². The zero-order valence-corrected chi connectivity index (χ0v) is 9.58. The molecule has 17 heavy (non-hydrogen) atoms. The van der Waals surface area contributed by atoms with E-state index in [0.717, 1.165) is 0 Å². The van der Waals surface area contributed by atoms with Crippen molar-refractivity contribution in [3.8, 4) is 0 Å². The van der Waals surface area contributed by atoms with E-state index in [-0.39, 0.29) is 0 Å². The zero-order chi connectivity index (χ0) is 12.6. The van der Waals surface area contributed by atoms with Crippen LogP contribution in [-0.4, -0.2) is 26.7 Å². The van der Waals surface area contributed by atoms with E-state index < -0.39 is 18.0 Å². The number of rotatable bonds is 1. The van der Waals surface area contributed by atoms with Crippen molar-refractivity contribution in [1.82, 2.24) is 14.6 Å². The van der Waals surface area contributed by atoms with Crippen LogP contribution in [0.5, 0.6) is 0 Å². The maximum atomic E-state index is 12.0. The maximum Gasteiger partial charge on any atom is 0.471 e. The van der Waals surface area contributed by atoms with Crippen molar-refractivity contribution in [3.63, 3.8) is 0 Å². The molecule has 0 saturated heterocycles. The Kier molecular flexibility index (Phi) is 2.77. The topological polar surface area (TPSA) is 59.3 Å². The van der Waals surface area contributed by atoms with Gasteiger partial charge in [-0.15, -0.1) is 5.10 Å². The molecule has 5 nitrogen and oxygen atoms in total. The average molecular weight is 309 g/mol. The number of hydrogen-bond acceptors (Lipinski definition) is 3. The van der Waals surface area contributed by atoms with Gasteiger partial charge in [0.25, 0.3) is 0 Å². The minimum Gasteiger partial charge on any atom is -0.285 e. The zero-order valence-electron chi connectivity index (χ0n) is 7.99. The number of carbonyl (C=O) groups excluding carboxylic acids is 1. The van der Waals surface area contributed by atoms with Crippen molar-refractivity contribution in [1.29, 1.82) is 0 Å². The summed E-state index contributed by atoms with van der Waals surface area (Å²) in [6, 6.07) is 3.28. The highest BCUT2D eigenvalue weighted by Gasteiger charge is 2.39. The molecule has 0 bridgehead atoms. The summed E-state index contributed by atoms with van der Waals surface area (Å²) in [5.74, 6) is -2.51. The molecule has 0 saturated carbocycles. The molecule has 0 aliphatic carbocycles. The fourth-order valence-corrected chi connectivity index (χ4v) is 1.52. The normalized spacial score (nSPS) is 11.8. The first-order valence-corrected chi connectivity index (χ1v) is 5.06. The fourth-order valence-electron chi connectivity index (χ4n) is 1.10. The van der Waals surface area contributed by atoms with Gasteiger partial charge in [0, 0.05) is 6.20 Å². The lowest BCUT2D eigenvalue weighted by Crippen LogP contribution is -2.30. The largest absolute Gasteiger partial charge is 0.471 e. The van der Waals surface area contributed by atoms with Crippen LogP contribution in [0.15, 0.2) is 22.8 Å². The van der Waals surface area contributed by atoms with Crippen LogP contribution in [-0.2, 0) is 4.79 Å². The first-order chi connectivity index (χ1) is 7.88. The number of anilines is 1. The molecule has 0 spiro atoms. The lowest BCUT2D eigenvalue weighted by atomic mass is 10.5. The number of fused-ring (bicyclic) bond motifs is 1. The van der Waals surface area contributed by atoms with E-state index in [1.54, 1.807) is 17.4 Å². The Balaban J connectivity index is 2.32. The SMILES string of the molecule is O=C(Nc1nc2c(Br)cccn2n1)C(F)(F)F. The summed E-state index contributed by atoms with van der Waals surface area (Å²) < 4.78 is 37.8. The standard InChI is InChI=1S/C8H4BrF3N4O/c9-4-2-1-3-16-5(4)13-7(15-16)14-6(17)8(10,11)12/h1-3H,(H,14,15,17). The first-order valence-electron chi connectivity index (χ1n) is 4.27. The third kappa shape index (κ3) is 2.38. The van der Waals surface area contributed by atoms with E-state index in [9.17, 15) is 18.0 Å². The molecule has 0 atom stereocenters. The number of aromatic nitrogens is 3. The van der Waals surface area contributed by atoms with E-state index in [0.29, 0.717) is 10.1 Å². The minimum absolute atomic E-state index is 0.310. The van der Waals surface area contributed by atoms with Gasteiger partial charge in [0.15, 0.2) is 5.65 Å². The molecular weight excluding hydrogens is 305 g/mol. The van der Waals surface area contributed by atoms with Gasteiger partial charge in [-0.05, 0) is 28.1 Å².